The van der Waals surface area contributed by atoms with E-state index >= 15 is 0 Å². The van der Waals surface area contributed by atoms with Crippen molar-refractivity contribution in [3.8, 4) is 0 Å². The van der Waals surface area contributed by atoms with Crippen LogP contribution in [0.1, 0.15) is 19.3 Å². The molecule has 2 rings (SSSR count). The minimum Gasteiger partial charge on any atom is -0.383 e. The number of hydrogen-bond acceptors (Lipinski definition) is 1. The van der Waals surface area contributed by atoms with E-state index in [1.165, 1.54) is 29.5 Å². The molecule has 1 aromatic rings. The van der Waals surface area contributed by atoms with Crippen molar-refractivity contribution in [1.82, 2.24) is 0 Å². The van der Waals surface area contributed by atoms with Gasteiger partial charge in [-0.25, -0.2) is 0 Å². The van der Waals surface area contributed by atoms with Gasteiger partial charge in [-0.2, -0.15) is 0 Å². The molecule has 1 aromatic carbocycles. The van der Waals surface area contributed by atoms with Gasteiger partial charge in [-0.15, -0.1) is 0 Å². The summed E-state index contributed by atoms with van der Waals surface area (Å²) in [6.07, 6.45) is 4.01. The maximum atomic E-state index is 5.34. The highest BCUT2D eigenvalue weighted by atomic mass is 28.1. The fourth-order valence-corrected chi connectivity index (χ4v) is 1.93. The van der Waals surface area contributed by atoms with Crippen molar-refractivity contribution in [1.29, 1.82) is 0 Å². The summed E-state index contributed by atoms with van der Waals surface area (Å²) in [5, 5.41) is 0. The number of benzene rings is 1. The van der Waals surface area contributed by atoms with Crippen molar-refractivity contribution in [3.63, 3.8) is 0 Å². The standard InChI is InChI=1S/C6H6.C5H12OSi/c1-2-4-6-5-3-1;7-5-3-1-2-4-6-5/h1-6H;5H,1-4H2,7H3. The van der Waals surface area contributed by atoms with Gasteiger partial charge in [-0.3, -0.25) is 0 Å². The fourth-order valence-electron chi connectivity index (χ4n) is 1.29. The average Bonchev–Trinajstić information content (AvgIpc) is 2.22. The van der Waals surface area contributed by atoms with Crippen LogP contribution in [0.15, 0.2) is 36.4 Å². The third kappa shape index (κ3) is 5.61. The molecule has 0 amide bonds. The van der Waals surface area contributed by atoms with Gasteiger partial charge in [0.25, 0.3) is 0 Å². The van der Waals surface area contributed by atoms with Crippen LogP contribution < -0.4 is 0 Å². The van der Waals surface area contributed by atoms with Gasteiger partial charge >= 0.3 is 0 Å². The molecule has 1 fully saturated rings. The number of hydrogen-bond donors (Lipinski definition) is 0. The summed E-state index contributed by atoms with van der Waals surface area (Å²) in [7, 11) is 1.23. The molecule has 13 heavy (non-hydrogen) atoms. The highest BCUT2D eigenvalue weighted by Gasteiger charge is 2.05. The molecule has 1 unspecified atom stereocenters. The predicted octanol–water partition coefficient (Wildman–Crippen LogP) is 1.56. The normalized spacial score (nSPS) is 21.7. The molecule has 1 atom stereocenters. The van der Waals surface area contributed by atoms with Gasteiger partial charge in [-0.1, -0.05) is 36.4 Å². The van der Waals surface area contributed by atoms with Crippen molar-refractivity contribution >= 4 is 10.2 Å². The van der Waals surface area contributed by atoms with Crippen LogP contribution in [0.5, 0.6) is 0 Å². The first-order chi connectivity index (χ1) is 6.39. The third-order valence-electron chi connectivity index (χ3n) is 2.07. The summed E-state index contributed by atoms with van der Waals surface area (Å²) in [5.74, 6) is 0. The lowest BCUT2D eigenvalue weighted by molar-refractivity contribution is 0.0675. The smallest absolute Gasteiger partial charge is 0.0465 e. The lowest BCUT2D eigenvalue weighted by atomic mass is 10.2. The molecule has 2 heteroatoms. The quantitative estimate of drug-likeness (QED) is 0.570. The monoisotopic (exact) mass is 194 g/mol. The Morgan fingerprint density at radius 3 is 1.69 bits per heavy atom. The van der Waals surface area contributed by atoms with Crippen molar-refractivity contribution < 1.29 is 4.74 Å². The predicted molar refractivity (Wildman–Crippen MR) is 60.0 cm³/mol. The molecule has 1 heterocycles. The van der Waals surface area contributed by atoms with Crippen LogP contribution in [-0.4, -0.2) is 22.6 Å². The zero-order chi connectivity index (χ0) is 9.36. The summed E-state index contributed by atoms with van der Waals surface area (Å²) in [6.45, 7) is 1.02. The molecule has 0 radical (unpaired) electrons. The summed E-state index contributed by atoms with van der Waals surface area (Å²) in [5.41, 5.74) is 0.675. The Balaban J connectivity index is 0.000000132. The average molecular weight is 194 g/mol. The van der Waals surface area contributed by atoms with E-state index in [-0.39, 0.29) is 0 Å². The van der Waals surface area contributed by atoms with Gasteiger partial charge < -0.3 is 4.74 Å². The van der Waals surface area contributed by atoms with E-state index in [0.29, 0.717) is 5.73 Å². The Hall–Kier alpha value is -0.603. The van der Waals surface area contributed by atoms with Gasteiger partial charge in [0.05, 0.1) is 0 Å². The molecule has 0 aromatic heterocycles. The summed E-state index contributed by atoms with van der Waals surface area (Å²) < 4.78 is 5.34. The molecular weight excluding hydrogens is 176 g/mol. The van der Waals surface area contributed by atoms with Crippen LogP contribution in [0.3, 0.4) is 0 Å². The van der Waals surface area contributed by atoms with E-state index in [4.69, 9.17) is 4.74 Å². The zero-order valence-electron chi connectivity index (χ0n) is 8.28. The second-order valence-electron chi connectivity index (χ2n) is 3.33. The Morgan fingerprint density at radius 2 is 1.46 bits per heavy atom. The van der Waals surface area contributed by atoms with Crippen molar-refractivity contribution in [2.75, 3.05) is 6.61 Å². The first-order valence-corrected chi connectivity index (χ1v) is 6.16. The zero-order valence-corrected chi connectivity index (χ0v) is 10.3. The maximum Gasteiger partial charge on any atom is 0.0465 e. The van der Waals surface area contributed by atoms with Gasteiger partial charge in [-0.05, 0) is 19.3 Å². The molecule has 72 valence electrons. The molecule has 0 aliphatic carbocycles. The van der Waals surface area contributed by atoms with Gasteiger partial charge in [0.15, 0.2) is 0 Å². The molecular formula is C11H18OSi. The molecule has 1 nitrogen and oxygen atoms in total. The Bertz CT molecular complexity index is 168. The van der Waals surface area contributed by atoms with E-state index < -0.39 is 0 Å². The molecule has 1 saturated heterocycles. The minimum atomic E-state index is 0.675. The maximum absolute atomic E-state index is 5.34. The Labute approximate surface area is 83.5 Å². The topological polar surface area (TPSA) is 9.23 Å². The van der Waals surface area contributed by atoms with Crippen LogP contribution in [0.2, 0.25) is 0 Å². The Kier molecular flexibility index (Phi) is 5.53. The number of rotatable bonds is 0. The second-order valence-corrected chi connectivity index (χ2v) is 4.62. The van der Waals surface area contributed by atoms with E-state index in [1.807, 2.05) is 36.4 Å². The fraction of sp³-hybridized carbons (Fsp3) is 0.455. The summed E-state index contributed by atoms with van der Waals surface area (Å²) >= 11 is 0. The highest BCUT2D eigenvalue weighted by Crippen LogP contribution is 2.08. The SMILES string of the molecule is [SiH3]C1CCCCO1.c1ccccc1. The van der Waals surface area contributed by atoms with Crippen molar-refractivity contribution in [3.05, 3.63) is 36.4 Å². The highest BCUT2D eigenvalue weighted by molar-refractivity contribution is 6.10. The molecule has 0 N–H and O–H groups in total. The third-order valence-corrected chi connectivity index (χ3v) is 2.98. The molecule has 1 aliphatic rings. The van der Waals surface area contributed by atoms with Gasteiger partial charge in [0, 0.05) is 22.6 Å². The van der Waals surface area contributed by atoms with Crippen LogP contribution in [0, 0.1) is 0 Å². The van der Waals surface area contributed by atoms with Crippen molar-refractivity contribution in [2.45, 2.75) is 25.0 Å². The van der Waals surface area contributed by atoms with Gasteiger partial charge in [0.1, 0.15) is 0 Å². The van der Waals surface area contributed by atoms with Crippen LogP contribution in [0.25, 0.3) is 0 Å². The summed E-state index contributed by atoms with van der Waals surface area (Å²) in [6, 6.07) is 12.0. The Morgan fingerprint density at radius 1 is 0.923 bits per heavy atom. The van der Waals surface area contributed by atoms with Crippen molar-refractivity contribution in [2.24, 2.45) is 0 Å². The lowest BCUT2D eigenvalue weighted by Gasteiger charge is -2.17. The molecule has 0 spiro atoms. The van der Waals surface area contributed by atoms with E-state index in [2.05, 4.69) is 0 Å². The van der Waals surface area contributed by atoms with Crippen LogP contribution >= 0.6 is 0 Å². The minimum absolute atomic E-state index is 0.675. The van der Waals surface area contributed by atoms with E-state index in [9.17, 15) is 0 Å². The van der Waals surface area contributed by atoms with E-state index in [1.54, 1.807) is 0 Å². The largest absolute Gasteiger partial charge is 0.383 e. The molecule has 1 aliphatic heterocycles. The first kappa shape index (κ1) is 10.5. The second kappa shape index (κ2) is 6.86. The van der Waals surface area contributed by atoms with Gasteiger partial charge in [0.2, 0.25) is 0 Å². The molecule has 0 bridgehead atoms. The number of ether oxygens (including phenoxy) is 1. The van der Waals surface area contributed by atoms with Crippen LogP contribution in [-0.2, 0) is 4.74 Å². The van der Waals surface area contributed by atoms with Crippen LogP contribution in [0.4, 0.5) is 0 Å². The molecule has 0 saturated carbocycles. The summed E-state index contributed by atoms with van der Waals surface area (Å²) in [4.78, 5) is 0. The van der Waals surface area contributed by atoms with E-state index in [0.717, 1.165) is 6.61 Å². The lowest BCUT2D eigenvalue weighted by Crippen LogP contribution is -2.18. The first-order valence-electron chi connectivity index (χ1n) is 5.01.